The van der Waals surface area contributed by atoms with Crippen molar-refractivity contribution >= 4 is 21.9 Å². The Bertz CT molecular complexity index is 583. The van der Waals surface area contributed by atoms with Gasteiger partial charge in [0, 0.05) is 0 Å². The van der Waals surface area contributed by atoms with Crippen LogP contribution >= 0.6 is 15.9 Å². The highest BCUT2D eigenvalue weighted by Gasteiger charge is 2.27. The summed E-state index contributed by atoms with van der Waals surface area (Å²) < 4.78 is 10.2. The molecule has 2 unspecified atom stereocenters. The van der Waals surface area contributed by atoms with Crippen molar-refractivity contribution in [1.82, 2.24) is 0 Å². The van der Waals surface area contributed by atoms with Gasteiger partial charge in [0.25, 0.3) is 0 Å². The van der Waals surface area contributed by atoms with Gasteiger partial charge in [0.1, 0.15) is 22.4 Å². The number of carbonyl (C=O) groups is 1. The predicted octanol–water partition coefficient (Wildman–Crippen LogP) is 3.10. The average Bonchev–Trinajstić information content (AvgIpc) is 2.55. The molecule has 0 amide bonds. The molecule has 5 heteroatoms. The highest BCUT2D eigenvalue weighted by molar-refractivity contribution is 9.10. The summed E-state index contributed by atoms with van der Waals surface area (Å²) in [5.41, 5.74) is 0.644. The minimum absolute atomic E-state index is 0.394. The van der Waals surface area contributed by atoms with Gasteiger partial charge >= 0.3 is 5.97 Å². The van der Waals surface area contributed by atoms with Crippen LogP contribution in [0.25, 0.3) is 0 Å². The van der Waals surface area contributed by atoms with Crippen LogP contribution in [0.4, 0.5) is 0 Å². The van der Waals surface area contributed by atoms with Crippen molar-refractivity contribution in [3.63, 3.8) is 0 Å². The fourth-order valence-electron chi connectivity index (χ4n) is 1.76. The first-order valence-electron chi connectivity index (χ1n) is 6.34. The van der Waals surface area contributed by atoms with E-state index < -0.39 is 16.9 Å². The molecule has 0 saturated carbocycles. The maximum absolute atomic E-state index is 12.0. The van der Waals surface area contributed by atoms with E-state index >= 15 is 0 Å². The Kier molecular flexibility index (Phi) is 5.36. The highest BCUT2D eigenvalue weighted by Crippen LogP contribution is 2.25. The molecule has 0 aliphatic rings. The van der Waals surface area contributed by atoms with Crippen molar-refractivity contribution in [1.29, 1.82) is 0 Å². The zero-order chi connectivity index (χ0) is 15.2. The standard InChI is InChI=1S/C16H15BrO4/c1-20-12-7-9-13(10-8-12)21-16(19)14(17)15(18)11-5-3-2-4-6-11/h2-10,14-15,18H,1H3. The Morgan fingerprint density at radius 3 is 2.19 bits per heavy atom. The SMILES string of the molecule is COc1ccc(OC(=O)C(Br)C(O)c2ccccc2)cc1. The average molecular weight is 351 g/mol. The van der Waals surface area contributed by atoms with Crippen LogP contribution in [0.2, 0.25) is 0 Å². The molecule has 0 bridgehead atoms. The van der Waals surface area contributed by atoms with Gasteiger partial charge in [-0.1, -0.05) is 46.3 Å². The lowest BCUT2D eigenvalue weighted by Gasteiger charge is -2.16. The van der Waals surface area contributed by atoms with Gasteiger partial charge in [-0.05, 0) is 29.8 Å². The van der Waals surface area contributed by atoms with E-state index in [0.717, 1.165) is 0 Å². The molecule has 0 aliphatic carbocycles. The molecule has 2 aromatic carbocycles. The molecule has 1 N–H and O–H groups in total. The van der Waals surface area contributed by atoms with Crippen LogP contribution in [0.3, 0.4) is 0 Å². The molecule has 0 saturated heterocycles. The lowest BCUT2D eigenvalue weighted by atomic mass is 10.1. The number of esters is 1. The lowest BCUT2D eigenvalue weighted by Crippen LogP contribution is -2.26. The Hall–Kier alpha value is -1.85. The van der Waals surface area contributed by atoms with Crippen LogP contribution in [0.15, 0.2) is 54.6 Å². The van der Waals surface area contributed by atoms with Gasteiger partial charge in [0.05, 0.1) is 7.11 Å². The number of aliphatic hydroxyl groups is 1. The third kappa shape index (κ3) is 4.06. The van der Waals surface area contributed by atoms with Crippen molar-refractivity contribution < 1.29 is 19.4 Å². The monoisotopic (exact) mass is 350 g/mol. The normalized spacial score (nSPS) is 13.3. The molecular formula is C16H15BrO4. The molecule has 0 heterocycles. The fraction of sp³-hybridized carbons (Fsp3) is 0.188. The number of hydrogen-bond acceptors (Lipinski definition) is 4. The number of halogens is 1. The maximum Gasteiger partial charge on any atom is 0.328 e. The van der Waals surface area contributed by atoms with E-state index in [1.807, 2.05) is 6.07 Å². The molecule has 0 aromatic heterocycles. The summed E-state index contributed by atoms with van der Waals surface area (Å²) in [6.07, 6.45) is -0.975. The summed E-state index contributed by atoms with van der Waals surface area (Å²) in [6.45, 7) is 0. The summed E-state index contributed by atoms with van der Waals surface area (Å²) in [4.78, 5) is 11.2. The summed E-state index contributed by atoms with van der Waals surface area (Å²) >= 11 is 3.18. The summed E-state index contributed by atoms with van der Waals surface area (Å²) in [6, 6.07) is 15.6. The number of aliphatic hydroxyl groups excluding tert-OH is 1. The van der Waals surface area contributed by atoms with E-state index in [0.29, 0.717) is 17.1 Å². The van der Waals surface area contributed by atoms with Crippen molar-refractivity contribution in [2.45, 2.75) is 10.9 Å². The molecular weight excluding hydrogens is 336 g/mol. The number of benzene rings is 2. The second-order valence-electron chi connectivity index (χ2n) is 4.35. The molecule has 4 nitrogen and oxygen atoms in total. The zero-order valence-corrected chi connectivity index (χ0v) is 13.0. The van der Waals surface area contributed by atoms with Crippen molar-refractivity contribution in [3.05, 3.63) is 60.2 Å². The fourth-order valence-corrected chi connectivity index (χ4v) is 2.16. The predicted molar refractivity (Wildman–Crippen MR) is 82.7 cm³/mol. The van der Waals surface area contributed by atoms with Crippen molar-refractivity contribution in [3.8, 4) is 11.5 Å². The van der Waals surface area contributed by atoms with Gasteiger partial charge < -0.3 is 14.6 Å². The summed E-state index contributed by atoms with van der Waals surface area (Å²) in [5.74, 6) is 0.511. The van der Waals surface area contributed by atoms with Gasteiger partial charge in [-0.3, -0.25) is 4.79 Å². The molecule has 21 heavy (non-hydrogen) atoms. The first kappa shape index (κ1) is 15.5. The highest BCUT2D eigenvalue weighted by atomic mass is 79.9. The summed E-state index contributed by atoms with van der Waals surface area (Å²) in [7, 11) is 1.56. The minimum atomic E-state index is -0.975. The van der Waals surface area contributed by atoms with Crippen LogP contribution in [0.1, 0.15) is 11.7 Å². The van der Waals surface area contributed by atoms with Crippen molar-refractivity contribution in [2.75, 3.05) is 7.11 Å². The van der Waals surface area contributed by atoms with E-state index in [4.69, 9.17) is 9.47 Å². The smallest absolute Gasteiger partial charge is 0.328 e. The molecule has 0 fully saturated rings. The second-order valence-corrected chi connectivity index (χ2v) is 5.34. The Balaban J connectivity index is 2.01. The number of methoxy groups -OCH3 is 1. The van der Waals surface area contributed by atoms with Gasteiger partial charge in [-0.2, -0.15) is 0 Å². The molecule has 2 aromatic rings. The van der Waals surface area contributed by atoms with Gasteiger partial charge in [-0.25, -0.2) is 0 Å². The van der Waals surface area contributed by atoms with E-state index in [9.17, 15) is 9.90 Å². The third-order valence-electron chi connectivity index (χ3n) is 2.92. The molecule has 2 atom stereocenters. The lowest BCUT2D eigenvalue weighted by molar-refractivity contribution is -0.135. The number of ether oxygens (including phenoxy) is 2. The Morgan fingerprint density at radius 1 is 1.05 bits per heavy atom. The second kappa shape index (κ2) is 7.24. The van der Waals surface area contributed by atoms with Crippen LogP contribution in [0.5, 0.6) is 11.5 Å². The van der Waals surface area contributed by atoms with Gasteiger partial charge in [0.15, 0.2) is 0 Å². The number of alkyl halides is 1. The molecule has 0 spiro atoms. The number of rotatable bonds is 5. The number of hydrogen-bond donors (Lipinski definition) is 1. The van der Waals surface area contributed by atoms with E-state index in [-0.39, 0.29) is 0 Å². The molecule has 0 aliphatic heterocycles. The van der Waals surface area contributed by atoms with Crippen molar-refractivity contribution in [2.24, 2.45) is 0 Å². The molecule has 2 rings (SSSR count). The number of carbonyl (C=O) groups excluding carboxylic acids is 1. The van der Waals surface area contributed by atoms with E-state index in [1.165, 1.54) is 0 Å². The Labute approximate surface area is 131 Å². The minimum Gasteiger partial charge on any atom is -0.497 e. The summed E-state index contributed by atoms with van der Waals surface area (Å²) in [5, 5.41) is 10.2. The van der Waals surface area contributed by atoms with E-state index in [2.05, 4.69) is 15.9 Å². The zero-order valence-electron chi connectivity index (χ0n) is 11.4. The Morgan fingerprint density at radius 2 is 1.62 bits per heavy atom. The van der Waals surface area contributed by atoms with Crippen LogP contribution in [-0.4, -0.2) is 23.0 Å². The largest absolute Gasteiger partial charge is 0.497 e. The van der Waals surface area contributed by atoms with E-state index in [1.54, 1.807) is 55.6 Å². The molecule has 110 valence electrons. The van der Waals surface area contributed by atoms with Crippen LogP contribution in [0, 0.1) is 0 Å². The first-order valence-corrected chi connectivity index (χ1v) is 7.26. The molecule has 0 radical (unpaired) electrons. The first-order chi connectivity index (χ1) is 10.1. The third-order valence-corrected chi connectivity index (χ3v) is 3.80. The van der Waals surface area contributed by atoms with Crippen LogP contribution in [-0.2, 0) is 4.79 Å². The van der Waals surface area contributed by atoms with Gasteiger partial charge in [-0.15, -0.1) is 0 Å². The quantitative estimate of drug-likeness (QED) is 0.511. The topological polar surface area (TPSA) is 55.8 Å². The van der Waals surface area contributed by atoms with Crippen LogP contribution < -0.4 is 9.47 Å². The maximum atomic E-state index is 12.0. The van der Waals surface area contributed by atoms with Gasteiger partial charge in [0.2, 0.25) is 0 Å².